The van der Waals surface area contributed by atoms with E-state index in [2.05, 4.69) is 10.3 Å². The molecule has 12 heteroatoms. The fraction of sp³-hybridized carbons (Fsp3) is 0.143. The molecule has 2 aromatic heterocycles. The van der Waals surface area contributed by atoms with Gasteiger partial charge >= 0.3 is 11.7 Å². The monoisotopic (exact) mass is 365 g/mol. The van der Waals surface area contributed by atoms with E-state index in [4.69, 9.17) is 5.11 Å². The zero-order valence-corrected chi connectivity index (χ0v) is 12.9. The van der Waals surface area contributed by atoms with Gasteiger partial charge in [0.2, 0.25) is 17.9 Å². The average Bonchev–Trinajstić information content (AvgIpc) is 2.61. The number of aliphatic carboxylic acids is 1. The largest absolute Gasteiger partial charge is 0.478 e. The quantitative estimate of drug-likeness (QED) is 0.469. The number of hydrogen-bond acceptors (Lipinski definition) is 6. The molecular weight excluding hydrogens is 353 g/mol. The Bertz CT molecular complexity index is 954. The van der Waals surface area contributed by atoms with Gasteiger partial charge in [-0.25, -0.2) is 9.59 Å². The Balaban J connectivity index is 2.08. The molecule has 0 aromatic carbocycles. The summed E-state index contributed by atoms with van der Waals surface area (Å²) in [6, 6.07) is 2.95. The van der Waals surface area contributed by atoms with Gasteiger partial charge in [-0.1, -0.05) is 0 Å². The van der Waals surface area contributed by atoms with Crippen LogP contribution in [-0.4, -0.2) is 44.0 Å². The summed E-state index contributed by atoms with van der Waals surface area (Å²) in [4.78, 5) is 62.8. The predicted octanol–water partition coefficient (Wildman–Crippen LogP) is -1.80. The summed E-state index contributed by atoms with van der Waals surface area (Å²) in [6.07, 6.45) is 1.07. The lowest BCUT2D eigenvalue weighted by molar-refractivity contribution is -0.144. The van der Waals surface area contributed by atoms with Crippen LogP contribution >= 0.6 is 0 Å². The van der Waals surface area contributed by atoms with Crippen LogP contribution in [0.4, 0.5) is 4.39 Å². The van der Waals surface area contributed by atoms with Gasteiger partial charge in [-0.2, -0.15) is 4.39 Å². The van der Waals surface area contributed by atoms with Crippen molar-refractivity contribution in [3.63, 3.8) is 0 Å². The lowest BCUT2D eigenvalue weighted by atomic mass is 10.3. The van der Waals surface area contributed by atoms with E-state index in [-0.39, 0.29) is 5.56 Å². The molecule has 0 aliphatic carbocycles. The standard InChI is InChI=1S/C14H12FN5O6/c15-8-6-20(14(26)19-12(8)23)10(13(24)25)18-9(21)5-17-11(22)7-2-1-3-16-4-7/h1-4,6,10H,5H2,(H,17,22)(H,18,21)(H,24,25)(H,19,23,26). The van der Waals surface area contributed by atoms with Crippen molar-refractivity contribution in [3.8, 4) is 0 Å². The smallest absolute Gasteiger partial charge is 0.347 e. The Labute approximate surface area is 143 Å². The molecule has 136 valence electrons. The van der Waals surface area contributed by atoms with Crippen LogP contribution in [0.25, 0.3) is 0 Å². The van der Waals surface area contributed by atoms with Crippen molar-refractivity contribution < 1.29 is 23.9 Å². The molecule has 0 radical (unpaired) electrons. The van der Waals surface area contributed by atoms with Gasteiger partial charge in [0.15, 0.2) is 0 Å². The van der Waals surface area contributed by atoms with E-state index in [1.165, 1.54) is 24.5 Å². The van der Waals surface area contributed by atoms with Gasteiger partial charge in [0.25, 0.3) is 11.5 Å². The lowest BCUT2D eigenvalue weighted by Gasteiger charge is -2.17. The van der Waals surface area contributed by atoms with Crippen molar-refractivity contribution in [2.45, 2.75) is 6.17 Å². The molecule has 4 N–H and O–H groups in total. The highest BCUT2D eigenvalue weighted by Gasteiger charge is 2.24. The van der Waals surface area contributed by atoms with E-state index in [1.54, 1.807) is 4.98 Å². The van der Waals surface area contributed by atoms with Crippen LogP contribution in [0, 0.1) is 5.82 Å². The summed E-state index contributed by atoms with van der Waals surface area (Å²) in [5, 5.41) is 13.3. The Kier molecular flexibility index (Phi) is 5.57. The average molecular weight is 365 g/mol. The van der Waals surface area contributed by atoms with Crippen molar-refractivity contribution in [2.24, 2.45) is 0 Å². The maximum Gasteiger partial charge on any atom is 0.347 e. The fourth-order valence-corrected chi connectivity index (χ4v) is 1.87. The highest BCUT2D eigenvalue weighted by atomic mass is 19.1. The van der Waals surface area contributed by atoms with Crippen molar-refractivity contribution in [2.75, 3.05) is 6.54 Å². The molecule has 0 bridgehead atoms. The van der Waals surface area contributed by atoms with E-state index < -0.39 is 47.6 Å². The van der Waals surface area contributed by atoms with Gasteiger partial charge in [0.05, 0.1) is 18.3 Å². The highest BCUT2D eigenvalue weighted by Crippen LogP contribution is 2.00. The number of rotatable bonds is 6. The van der Waals surface area contributed by atoms with Crippen molar-refractivity contribution >= 4 is 17.8 Å². The molecular formula is C14H12FN5O6. The molecule has 0 saturated heterocycles. The maximum atomic E-state index is 13.3. The number of halogens is 1. The molecule has 2 amide bonds. The van der Waals surface area contributed by atoms with E-state index in [0.717, 1.165) is 0 Å². The number of H-pyrrole nitrogens is 1. The highest BCUT2D eigenvalue weighted by molar-refractivity contribution is 5.96. The lowest BCUT2D eigenvalue weighted by Crippen LogP contribution is -2.47. The summed E-state index contributed by atoms with van der Waals surface area (Å²) in [7, 11) is 0. The summed E-state index contributed by atoms with van der Waals surface area (Å²) >= 11 is 0. The van der Waals surface area contributed by atoms with Crippen LogP contribution in [0.2, 0.25) is 0 Å². The first-order valence-corrected chi connectivity index (χ1v) is 7.01. The maximum absolute atomic E-state index is 13.3. The minimum atomic E-state index is -1.99. The van der Waals surface area contributed by atoms with Gasteiger partial charge in [0, 0.05) is 12.4 Å². The van der Waals surface area contributed by atoms with Gasteiger partial charge in [0.1, 0.15) is 0 Å². The van der Waals surface area contributed by atoms with Crippen LogP contribution in [0.15, 0.2) is 40.3 Å². The first-order chi connectivity index (χ1) is 12.3. The SMILES string of the molecule is O=C(CNC(=O)c1cccnc1)NC(C(=O)O)n1cc(F)c(=O)[nH]c1=O. The molecule has 1 atom stereocenters. The molecule has 11 nitrogen and oxygen atoms in total. The molecule has 0 saturated carbocycles. The number of carboxylic acids is 1. The number of nitrogens with zero attached hydrogens (tertiary/aromatic N) is 2. The Morgan fingerprint density at radius 1 is 1.35 bits per heavy atom. The number of aromatic amines is 1. The molecule has 0 aliphatic rings. The third-order valence-corrected chi connectivity index (χ3v) is 3.07. The van der Waals surface area contributed by atoms with E-state index in [9.17, 15) is 28.4 Å². The minimum absolute atomic E-state index is 0.175. The predicted molar refractivity (Wildman–Crippen MR) is 82.7 cm³/mol. The first-order valence-electron chi connectivity index (χ1n) is 7.01. The van der Waals surface area contributed by atoms with Gasteiger partial charge in [-0.05, 0) is 12.1 Å². The molecule has 0 aliphatic heterocycles. The summed E-state index contributed by atoms with van der Waals surface area (Å²) in [6.45, 7) is -0.613. The van der Waals surface area contributed by atoms with Crippen molar-refractivity contribution in [1.29, 1.82) is 0 Å². The number of hydrogen-bond donors (Lipinski definition) is 4. The second-order valence-corrected chi connectivity index (χ2v) is 4.88. The number of carbonyl (C=O) groups excluding carboxylic acids is 2. The van der Waals surface area contributed by atoms with E-state index >= 15 is 0 Å². The fourth-order valence-electron chi connectivity index (χ4n) is 1.87. The number of aromatic nitrogens is 3. The zero-order chi connectivity index (χ0) is 19.3. The van der Waals surface area contributed by atoms with Crippen molar-refractivity contribution in [1.82, 2.24) is 25.2 Å². The Hall–Kier alpha value is -3.83. The third kappa shape index (κ3) is 4.37. The molecule has 1 unspecified atom stereocenters. The van der Waals surface area contributed by atoms with Gasteiger partial charge < -0.3 is 15.7 Å². The molecule has 0 spiro atoms. The molecule has 2 heterocycles. The molecule has 2 aromatic rings. The van der Waals surface area contributed by atoms with Crippen LogP contribution in [0.3, 0.4) is 0 Å². The molecule has 26 heavy (non-hydrogen) atoms. The first kappa shape index (κ1) is 18.5. The molecule has 2 rings (SSSR count). The minimum Gasteiger partial charge on any atom is -0.478 e. The summed E-state index contributed by atoms with van der Waals surface area (Å²) < 4.78 is 13.6. The van der Waals surface area contributed by atoms with Crippen molar-refractivity contribution in [3.05, 3.63) is 62.9 Å². The second kappa shape index (κ2) is 7.83. The normalized spacial score (nSPS) is 11.4. The van der Waals surface area contributed by atoms with E-state index in [0.29, 0.717) is 10.8 Å². The van der Waals surface area contributed by atoms with E-state index in [1.807, 2.05) is 5.32 Å². The summed E-state index contributed by atoms with van der Waals surface area (Å²) in [5.41, 5.74) is -2.39. The number of nitrogens with one attached hydrogen (secondary N) is 3. The Morgan fingerprint density at radius 2 is 2.08 bits per heavy atom. The number of amides is 2. The summed E-state index contributed by atoms with van der Waals surface area (Å²) in [5.74, 6) is -4.69. The molecule has 0 fully saturated rings. The third-order valence-electron chi connectivity index (χ3n) is 3.07. The Morgan fingerprint density at radius 3 is 2.69 bits per heavy atom. The zero-order valence-electron chi connectivity index (χ0n) is 12.9. The van der Waals surface area contributed by atoms with Gasteiger partial charge in [-0.3, -0.25) is 28.9 Å². The number of carbonyl (C=O) groups is 3. The van der Waals surface area contributed by atoms with Crippen LogP contribution < -0.4 is 21.9 Å². The van der Waals surface area contributed by atoms with Crippen LogP contribution in [-0.2, 0) is 9.59 Å². The number of carboxylic acid groups (broad SMARTS) is 1. The second-order valence-electron chi connectivity index (χ2n) is 4.88. The topological polar surface area (TPSA) is 163 Å². The number of pyridine rings is 1. The van der Waals surface area contributed by atoms with Crippen LogP contribution in [0.1, 0.15) is 16.5 Å². The van der Waals surface area contributed by atoms with Gasteiger partial charge in [-0.15, -0.1) is 0 Å². The van der Waals surface area contributed by atoms with Crippen LogP contribution in [0.5, 0.6) is 0 Å².